The van der Waals surface area contributed by atoms with Crippen molar-refractivity contribution in [1.82, 2.24) is 0 Å². The Morgan fingerprint density at radius 2 is 1.97 bits per heavy atom. The third-order valence-corrected chi connectivity index (χ3v) is 9.20. The Morgan fingerprint density at radius 3 is 2.67 bits per heavy atom. The maximum atomic E-state index is 12.9. The van der Waals surface area contributed by atoms with E-state index in [0.717, 1.165) is 24.8 Å². The van der Waals surface area contributed by atoms with Crippen LogP contribution in [0.3, 0.4) is 0 Å². The lowest BCUT2D eigenvalue weighted by Crippen LogP contribution is -2.62. The molecule has 4 aliphatic rings. The molecule has 6 unspecified atom stereocenters. The Balaban J connectivity index is 1.62. The zero-order valence-electron chi connectivity index (χ0n) is 17.7. The van der Waals surface area contributed by atoms with Crippen LogP contribution in [-0.4, -0.2) is 51.9 Å². The summed E-state index contributed by atoms with van der Waals surface area (Å²) < 4.78 is 4.90. The van der Waals surface area contributed by atoms with Gasteiger partial charge in [-0.1, -0.05) is 19.4 Å². The number of rotatable bonds is 4. The second-order valence-corrected chi connectivity index (χ2v) is 10.5. The molecular weight excluding hydrogens is 408 g/mol. The average molecular weight is 439 g/mol. The number of hydrogen-bond acceptors (Lipinski definition) is 6. The summed E-state index contributed by atoms with van der Waals surface area (Å²) >= 11 is 5.43. The number of ether oxygens (including phenoxy) is 1. The predicted molar refractivity (Wildman–Crippen MR) is 110 cm³/mol. The number of fused-ring (bicyclic) bond motifs is 5. The smallest absolute Gasteiger partial charge is 0.321 e. The molecule has 0 aliphatic heterocycles. The predicted octanol–water partition coefficient (Wildman–Crippen LogP) is 2.57. The molecule has 30 heavy (non-hydrogen) atoms. The summed E-state index contributed by atoms with van der Waals surface area (Å²) in [7, 11) is 0. The highest BCUT2D eigenvalue weighted by atomic mass is 35.5. The number of allylic oxidation sites excluding steroid dienone is 1. The van der Waals surface area contributed by atoms with Crippen molar-refractivity contribution in [2.75, 3.05) is 12.5 Å². The summed E-state index contributed by atoms with van der Waals surface area (Å²) in [4.78, 5) is 36.3. The monoisotopic (exact) mass is 438 g/mol. The van der Waals surface area contributed by atoms with Crippen LogP contribution < -0.4 is 0 Å². The first-order valence-electron chi connectivity index (χ1n) is 11.0. The molecule has 0 aromatic rings. The minimum absolute atomic E-state index is 0.0233. The van der Waals surface area contributed by atoms with Crippen LogP contribution in [0.2, 0.25) is 0 Å². The number of carbonyl (C=O) groups excluding carboxylic acids is 3. The van der Waals surface area contributed by atoms with Crippen LogP contribution in [-0.2, 0) is 19.1 Å². The quantitative estimate of drug-likeness (QED) is 0.516. The molecule has 166 valence electrons. The van der Waals surface area contributed by atoms with Crippen molar-refractivity contribution in [1.29, 1.82) is 0 Å². The van der Waals surface area contributed by atoms with Gasteiger partial charge in [0.2, 0.25) is 5.78 Å². The molecule has 0 saturated heterocycles. The average Bonchev–Trinajstić information content (AvgIpc) is 2.97. The van der Waals surface area contributed by atoms with Crippen molar-refractivity contribution in [3.8, 4) is 0 Å². The summed E-state index contributed by atoms with van der Waals surface area (Å²) in [5.41, 5.74) is -1.46. The van der Waals surface area contributed by atoms with Crippen molar-refractivity contribution in [2.24, 2.45) is 28.6 Å². The molecule has 0 spiro atoms. The maximum absolute atomic E-state index is 12.9. The van der Waals surface area contributed by atoms with Crippen LogP contribution in [0.1, 0.15) is 58.8 Å². The molecule has 4 rings (SSSR count). The molecule has 0 heterocycles. The first kappa shape index (κ1) is 22.0. The molecule has 3 fully saturated rings. The number of alkyl halides is 1. The first-order chi connectivity index (χ1) is 14.1. The van der Waals surface area contributed by atoms with E-state index in [1.807, 2.05) is 6.92 Å². The number of esters is 1. The van der Waals surface area contributed by atoms with Crippen LogP contribution in [0.4, 0.5) is 0 Å². The molecule has 2 N–H and O–H groups in total. The maximum Gasteiger partial charge on any atom is 0.321 e. The molecule has 7 atom stereocenters. The molecule has 0 radical (unpaired) electrons. The SMILES string of the molecule is CC12CCC(=O)C=C1CCC1C2C(O)CC2(C)C1CC[C@]2(O)C(=O)COC(=O)CCl. The Morgan fingerprint density at radius 1 is 1.23 bits per heavy atom. The van der Waals surface area contributed by atoms with Crippen molar-refractivity contribution in [3.63, 3.8) is 0 Å². The Bertz CT molecular complexity index is 808. The third kappa shape index (κ3) is 3.01. The molecule has 0 aromatic carbocycles. The van der Waals surface area contributed by atoms with E-state index in [2.05, 4.69) is 6.92 Å². The summed E-state index contributed by atoms with van der Waals surface area (Å²) in [6.07, 6.45) is 5.37. The van der Waals surface area contributed by atoms with Crippen LogP contribution in [0.15, 0.2) is 11.6 Å². The normalized spacial score (nSPS) is 45.1. The van der Waals surface area contributed by atoms with Crippen LogP contribution in [0.5, 0.6) is 0 Å². The van der Waals surface area contributed by atoms with E-state index >= 15 is 0 Å². The molecule has 3 saturated carbocycles. The second kappa shape index (κ2) is 7.42. The number of ketones is 2. The highest BCUT2D eigenvalue weighted by Crippen LogP contribution is 2.67. The standard InChI is InChI=1S/C23H31ClO6/c1-21-7-5-14(25)9-13(21)3-4-15-16-6-8-23(29,18(27)12-30-19(28)11-24)22(16,2)10-17(26)20(15)21/h9,15-17,20,26,29H,3-8,10-12H2,1-2H3/t15?,16?,17?,20?,21?,22?,23-/m0/s1. The molecule has 6 nitrogen and oxygen atoms in total. The van der Waals surface area contributed by atoms with E-state index in [-0.39, 0.29) is 34.8 Å². The van der Waals surface area contributed by atoms with E-state index in [0.29, 0.717) is 25.7 Å². The number of carbonyl (C=O) groups is 3. The van der Waals surface area contributed by atoms with Gasteiger partial charge < -0.3 is 14.9 Å². The number of halogens is 1. The molecule has 4 aliphatic carbocycles. The van der Waals surface area contributed by atoms with Crippen LogP contribution >= 0.6 is 11.6 Å². The van der Waals surface area contributed by atoms with Gasteiger partial charge in [0, 0.05) is 11.8 Å². The fourth-order valence-corrected chi connectivity index (χ4v) is 7.53. The van der Waals surface area contributed by atoms with Gasteiger partial charge in [-0.25, -0.2) is 0 Å². The van der Waals surface area contributed by atoms with Gasteiger partial charge in [-0.2, -0.15) is 0 Å². The Hall–Kier alpha value is -1.24. The fourth-order valence-electron chi connectivity index (χ4n) is 7.45. The molecule has 0 bridgehead atoms. The summed E-state index contributed by atoms with van der Waals surface area (Å²) in [5.74, 6) is -1.07. The lowest BCUT2D eigenvalue weighted by molar-refractivity contribution is -0.184. The highest BCUT2D eigenvalue weighted by Gasteiger charge is 2.68. The van der Waals surface area contributed by atoms with Gasteiger partial charge in [0.15, 0.2) is 12.4 Å². The minimum atomic E-state index is -1.63. The van der Waals surface area contributed by atoms with Crippen molar-refractivity contribution in [2.45, 2.75) is 70.5 Å². The molecule has 0 aromatic heterocycles. The summed E-state index contributed by atoms with van der Waals surface area (Å²) in [6.45, 7) is 3.58. The van der Waals surface area contributed by atoms with Crippen molar-refractivity contribution < 1.29 is 29.3 Å². The molecule has 0 amide bonds. The van der Waals surface area contributed by atoms with Gasteiger partial charge in [0.1, 0.15) is 11.5 Å². The van der Waals surface area contributed by atoms with E-state index in [1.54, 1.807) is 6.08 Å². The lowest BCUT2D eigenvalue weighted by Gasteiger charge is -2.60. The van der Waals surface area contributed by atoms with Gasteiger partial charge >= 0.3 is 5.97 Å². The van der Waals surface area contributed by atoms with Crippen LogP contribution in [0.25, 0.3) is 0 Å². The van der Waals surface area contributed by atoms with Crippen molar-refractivity contribution in [3.05, 3.63) is 11.6 Å². The number of hydrogen-bond donors (Lipinski definition) is 2. The van der Waals surface area contributed by atoms with Gasteiger partial charge in [-0.3, -0.25) is 14.4 Å². The minimum Gasteiger partial charge on any atom is -0.457 e. The second-order valence-electron chi connectivity index (χ2n) is 10.2. The van der Waals surface area contributed by atoms with Gasteiger partial charge in [0.05, 0.1) is 6.10 Å². The molecular formula is C23H31ClO6. The van der Waals surface area contributed by atoms with E-state index in [4.69, 9.17) is 16.3 Å². The fraction of sp³-hybridized carbons (Fsp3) is 0.783. The van der Waals surface area contributed by atoms with E-state index < -0.39 is 35.5 Å². The Labute approximate surface area is 182 Å². The largest absolute Gasteiger partial charge is 0.457 e. The summed E-state index contributed by atoms with van der Waals surface area (Å²) in [5, 5.41) is 22.8. The summed E-state index contributed by atoms with van der Waals surface area (Å²) in [6, 6.07) is 0. The zero-order chi connectivity index (χ0) is 21.9. The number of Topliss-reactive ketones (excluding diaryl/α,β-unsaturated/α-hetero) is 1. The number of aliphatic hydroxyl groups excluding tert-OH is 1. The van der Waals surface area contributed by atoms with Crippen molar-refractivity contribution >= 4 is 29.1 Å². The van der Waals surface area contributed by atoms with Gasteiger partial charge in [-0.05, 0) is 67.8 Å². The Kier molecular flexibility index (Phi) is 5.43. The molecule has 7 heteroatoms. The van der Waals surface area contributed by atoms with E-state index in [9.17, 15) is 24.6 Å². The third-order valence-electron chi connectivity index (χ3n) is 8.98. The van der Waals surface area contributed by atoms with E-state index in [1.165, 1.54) is 0 Å². The zero-order valence-corrected chi connectivity index (χ0v) is 18.4. The lowest BCUT2D eigenvalue weighted by atomic mass is 9.45. The highest BCUT2D eigenvalue weighted by molar-refractivity contribution is 6.26. The first-order valence-corrected chi connectivity index (χ1v) is 11.5. The van der Waals surface area contributed by atoms with Crippen LogP contribution in [0, 0.1) is 28.6 Å². The topological polar surface area (TPSA) is 101 Å². The van der Waals surface area contributed by atoms with Gasteiger partial charge in [-0.15, -0.1) is 11.6 Å². The number of aliphatic hydroxyl groups is 2. The van der Waals surface area contributed by atoms with Gasteiger partial charge in [0.25, 0.3) is 0 Å².